The van der Waals surface area contributed by atoms with Crippen LogP contribution in [0.15, 0.2) is 6.20 Å². The molecule has 3 N–H and O–H groups in total. The van der Waals surface area contributed by atoms with Crippen molar-refractivity contribution in [2.45, 2.75) is 45.1 Å². The normalized spacial score (nSPS) is 18.1. The van der Waals surface area contributed by atoms with Crippen molar-refractivity contribution in [1.82, 2.24) is 20.2 Å². The molecule has 20 heavy (non-hydrogen) atoms. The second-order valence-electron chi connectivity index (χ2n) is 5.61. The fraction of sp³-hybridized carbons (Fsp3) is 0.643. The first-order chi connectivity index (χ1) is 9.78. The van der Waals surface area contributed by atoms with Crippen LogP contribution in [-0.4, -0.2) is 33.3 Å². The lowest BCUT2D eigenvalue weighted by Gasteiger charge is -2.28. The van der Waals surface area contributed by atoms with Crippen LogP contribution in [0.25, 0.3) is 11.0 Å². The number of anilines is 2. The summed E-state index contributed by atoms with van der Waals surface area (Å²) in [4.78, 5) is 8.89. The van der Waals surface area contributed by atoms with Gasteiger partial charge in [-0.2, -0.15) is 15.1 Å². The molecule has 1 aliphatic carbocycles. The number of fused-ring (bicyclic) bond motifs is 1. The number of hydrogen-bond donors (Lipinski definition) is 3. The van der Waals surface area contributed by atoms with Gasteiger partial charge in [0.05, 0.1) is 11.6 Å². The number of nitrogens with one attached hydrogen (secondary N) is 3. The van der Waals surface area contributed by atoms with E-state index in [0.717, 1.165) is 22.8 Å². The van der Waals surface area contributed by atoms with Gasteiger partial charge in [0.15, 0.2) is 5.65 Å². The molecule has 0 radical (unpaired) electrons. The van der Waals surface area contributed by atoms with Crippen LogP contribution in [0, 0.1) is 5.92 Å². The Morgan fingerprint density at radius 3 is 2.80 bits per heavy atom. The number of aromatic amines is 1. The minimum atomic E-state index is 0.424. The van der Waals surface area contributed by atoms with Crippen molar-refractivity contribution >= 4 is 22.8 Å². The largest absolute Gasteiger partial charge is 0.367 e. The molecule has 1 fully saturated rings. The molecular formula is C14H22N6. The fourth-order valence-electron chi connectivity index (χ4n) is 3.02. The topological polar surface area (TPSA) is 78.5 Å². The maximum Gasteiger partial charge on any atom is 0.226 e. The molecule has 1 unspecified atom stereocenters. The number of aromatic nitrogens is 4. The van der Waals surface area contributed by atoms with Gasteiger partial charge < -0.3 is 10.6 Å². The van der Waals surface area contributed by atoms with Crippen LogP contribution in [-0.2, 0) is 0 Å². The highest BCUT2D eigenvalue weighted by Crippen LogP contribution is 2.29. The summed E-state index contributed by atoms with van der Waals surface area (Å²) in [7, 11) is 1.83. The zero-order chi connectivity index (χ0) is 13.9. The molecule has 1 atom stereocenters. The van der Waals surface area contributed by atoms with E-state index < -0.39 is 0 Å². The third-order valence-electron chi connectivity index (χ3n) is 4.25. The first kappa shape index (κ1) is 13.1. The van der Waals surface area contributed by atoms with Gasteiger partial charge in [-0.1, -0.05) is 19.3 Å². The Balaban J connectivity index is 1.83. The lowest BCUT2D eigenvalue weighted by atomic mass is 9.84. The van der Waals surface area contributed by atoms with Crippen LogP contribution in [0.1, 0.15) is 39.0 Å². The van der Waals surface area contributed by atoms with E-state index in [2.05, 4.69) is 37.7 Å². The molecule has 0 aromatic carbocycles. The lowest BCUT2D eigenvalue weighted by Crippen LogP contribution is -2.28. The summed E-state index contributed by atoms with van der Waals surface area (Å²) in [6.45, 7) is 2.25. The average molecular weight is 274 g/mol. The van der Waals surface area contributed by atoms with Crippen LogP contribution in [0.3, 0.4) is 0 Å². The van der Waals surface area contributed by atoms with Crippen LogP contribution in [0.2, 0.25) is 0 Å². The van der Waals surface area contributed by atoms with Crippen LogP contribution in [0.5, 0.6) is 0 Å². The first-order valence-corrected chi connectivity index (χ1v) is 7.43. The van der Waals surface area contributed by atoms with Gasteiger partial charge in [0.1, 0.15) is 5.82 Å². The molecule has 0 saturated heterocycles. The summed E-state index contributed by atoms with van der Waals surface area (Å²) in [5.41, 5.74) is 0.766. The van der Waals surface area contributed by atoms with Crippen LogP contribution in [0.4, 0.5) is 11.8 Å². The molecule has 0 bridgehead atoms. The van der Waals surface area contributed by atoms with Crippen LogP contribution >= 0.6 is 0 Å². The Bertz CT molecular complexity index is 572. The molecule has 108 valence electrons. The maximum atomic E-state index is 4.53. The quantitative estimate of drug-likeness (QED) is 0.799. The molecule has 6 heteroatoms. The highest BCUT2D eigenvalue weighted by molar-refractivity contribution is 5.87. The molecule has 0 spiro atoms. The van der Waals surface area contributed by atoms with Crippen LogP contribution < -0.4 is 10.6 Å². The van der Waals surface area contributed by atoms with Gasteiger partial charge in [-0.25, -0.2) is 0 Å². The first-order valence-electron chi connectivity index (χ1n) is 7.43. The second kappa shape index (κ2) is 5.64. The van der Waals surface area contributed by atoms with Crippen molar-refractivity contribution in [3.8, 4) is 0 Å². The van der Waals surface area contributed by atoms with Gasteiger partial charge in [-0.05, 0) is 25.7 Å². The number of H-pyrrole nitrogens is 1. The Hall–Kier alpha value is -1.85. The van der Waals surface area contributed by atoms with Crippen molar-refractivity contribution in [2.75, 3.05) is 17.7 Å². The molecule has 6 nitrogen and oxygen atoms in total. The highest BCUT2D eigenvalue weighted by atomic mass is 15.2. The number of hydrogen-bond acceptors (Lipinski definition) is 5. The Labute approximate surface area is 118 Å². The minimum absolute atomic E-state index is 0.424. The van der Waals surface area contributed by atoms with Gasteiger partial charge in [0.25, 0.3) is 0 Å². The molecule has 1 aliphatic rings. The molecule has 2 heterocycles. The Morgan fingerprint density at radius 2 is 2.05 bits per heavy atom. The minimum Gasteiger partial charge on any atom is -0.367 e. The number of nitrogens with zero attached hydrogens (tertiary/aromatic N) is 3. The lowest BCUT2D eigenvalue weighted by molar-refractivity contribution is 0.328. The average Bonchev–Trinajstić information content (AvgIpc) is 2.96. The van der Waals surface area contributed by atoms with Crippen molar-refractivity contribution < 1.29 is 0 Å². The standard InChI is InChI=1S/C14H22N6/c1-9(10-6-4-3-5-7-10)17-12-11-8-16-20-13(11)19-14(15-2)18-12/h8-10H,3-7H2,1-2H3,(H3,15,16,17,18,19,20). The molecule has 3 rings (SSSR count). The van der Waals surface area contributed by atoms with Crippen molar-refractivity contribution in [2.24, 2.45) is 5.92 Å². The summed E-state index contributed by atoms with van der Waals surface area (Å²) >= 11 is 0. The molecule has 1 saturated carbocycles. The summed E-state index contributed by atoms with van der Waals surface area (Å²) in [6.07, 6.45) is 8.49. The van der Waals surface area contributed by atoms with E-state index in [1.54, 1.807) is 6.20 Å². The highest BCUT2D eigenvalue weighted by Gasteiger charge is 2.21. The van der Waals surface area contributed by atoms with Gasteiger partial charge in [-0.3, -0.25) is 5.10 Å². The SMILES string of the molecule is CNc1nc(NC(C)C2CCCCC2)c2cn[nH]c2n1. The molecule has 2 aromatic rings. The smallest absolute Gasteiger partial charge is 0.226 e. The monoisotopic (exact) mass is 274 g/mol. The summed E-state index contributed by atoms with van der Waals surface area (Å²) in [5, 5.41) is 14.5. The summed E-state index contributed by atoms with van der Waals surface area (Å²) < 4.78 is 0. The van der Waals surface area contributed by atoms with Crippen molar-refractivity contribution in [3.05, 3.63) is 6.20 Å². The van der Waals surface area contributed by atoms with E-state index in [0.29, 0.717) is 12.0 Å². The van der Waals surface area contributed by atoms with E-state index in [4.69, 9.17) is 0 Å². The predicted octanol–water partition coefficient (Wildman–Crippen LogP) is 2.78. The Kier molecular flexibility index (Phi) is 3.71. The summed E-state index contributed by atoms with van der Waals surface area (Å²) in [6, 6.07) is 0.424. The molecule has 0 aliphatic heterocycles. The fourth-order valence-corrected chi connectivity index (χ4v) is 3.02. The van der Waals surface area contributed by atoms with E-state index in [9.17, 15) is 0 Å². The predicted molar refractivity (Wildman–Crippen MR) is 80.9 cm³/mol. The molecular weight excluding hydrogens is 252 g/mol. The van der Waals surface area contributed by atoms with E-state index >= 15 is 0 Å². The van der Waals surface area contributed by atoms with Gasteiger partial charge >= 0.3 is 0 Å². The summed E-state index contributed by atoms with van der Waals surface area (Å²) in [5.74, 6) is 2.21. The van der Waals surface area contributed by atoms with Gasteiger partial charge in [-0.15, -0.1) is 0 Å². The third-order valence-corrected chi connectivity index (χ3v) is 4.25. The van der Waals surface area contributed by atoms with E-state index in [1.807, 2.05) is 7.05 Å². The maximum absolute atomic E-state index is 4.53. The van der Waals surface area contributed by atoms with Gasteiger partial charge in [0.2, 0.25) is 5.95 Å². The van der Waals surface area contributed by atoms with Crippen molar-refractivity contribution in [1.29, 1.82) is 0 Å². The molecule has 2 aromatic heterocycles. The zero-order valence-corrected chi connectivity index (χ0v) is 12.1. The van der Waals surface area contributed by atoms with E-state index in [1.165, 1.54) is 32.1 Å². The van der Waals surface area contributed by atoms with Gasteiger partial charge in [0, 0.05) is 13.1 Å². The zero-order valence-electron chi connectivity index (χ0n) is 12.1. The number of rotatable bonds is 4. The molecule has 0 amide bonds. The van der Waals surface area contributed by atoms with E-state index in [-0.39, 0.29) is 0 Å². The Morgan fingerprint density at radius 1 is 1.25 bits per heavy atom. The van der Waals surface area contributed by atoms with Crippen molar-refractivity contribution in [3.63, 3.8) is 0 Å². The second-order valence-corrected chi connectivity index (χ2v) is 5.61. The third kappa shape index (κ3) is 2.55.